The largest absolute Gasteiger partial charge is 0.289 e. The van der Waals surface area contributed by atoms with Gasteiger partial charge in [-0.25, -0.2) is 4.99 Å². The summed E-state index contributed by atoms with van der Waals surface area (Å²) in [7, 11) is 0. The zero-order valence-corrected chi connectivity index (χ0v) is 18.6. The van der Waals surface area contributed by atoms with E-state index in [9.17, 15) is 0 Å². The molecule has 0 atom stereocenters. The molecule has 30 heavy (non-hydrogen) atoms. The lowest BCUT2D eigenvalue weighted by molar-refractivity contribution is 0.289. The predicted octanol–water partition coefficient (Wildman–Crippen LogP) is 7.55. The normalized spacial score (nSPS) is 15.7. The maximum absolute atomic E-state index is 6.40. The van der Waals surface area contributed by atoms with Crippen molar-refractivity contribution >= 4 is 40.2 Å². The molecule has 1 saturated carbocycles. The Hall–Kier alpha value is -2.33. The van der Waals surface area contributed by atoms with Gasteiger partial charge >= 0.3 is 0 Å². The number of para-hydroxylation sites is 2. The molecule has 0 spiro atoms. The Balaban J connectivity index is 1.74. The van der Waals surface area contributed by atoms with Crippen LogP contribution >= 0.6 is 34.5 Å². The van der Waals surface area contributed by atoms with Crippen LogP contribution in [0, 0.1) is 0 Å². The second kappa shape index (κ2) is 8.07. The smallest absolute Gasteiger partial charge is 0.194 e. The maximum Gasteiger partial charge on any atom is 0.194 e. The number of hydrogen-bond donors (Lipinski definition) is 0. The molecular weight excluding hydrogens is 431 g/mol. The van der Waals surface area contributed by atoms with E-state index in [-0.39, 0.29) is 5.41 Å². The Bertz CT molecular complexity index is 1240. The van der Waals surface area contributed by atoms with Crippen molar-refractivity contribution in [1.29, 1.82) is 0 Å². The summed E-state index contributed by atoms with van der Waals surface area (Å²) in [5, 5.41) is 3.46. The Kier molecular flexibility index (Phi) is 5.28. The van der Waals surface area contributed by atoms with Crippen LogP contribution in [0.3, 0.4) is 0 Å². The highest BCUT2D eigenvalue weighted by Crippen LogP contribution is 2.50. The minimum Gasteiger partial charge on any atom is -0.289 e. The van der Waals surface area contributed by atoms with Gasteiger partial charge in [-0.3, -0.25) is 4.57 Å². The van der Waals surface area contributed by atoms with E-state index in [4.69, 9.17) is 28.2 Å². The zero-order valence-electron chi connectivity index (χ0n) is 16.3. The van der Waals surface area contributed by atoms with Crippen molar-refractivity contribution in [2.45, 2.75) is 24.7 Å². The van der Waals surface area contributed by atoms with Gasteiger partial charge in [0.25, 0.3) is 0 Å². The average molecular weight is 451 g/mol. The van der Waals surface area contributed by atoms with Crippen molar-refractivity contribution in [2.75, 3.05) is 0 Å². The molecule has 1 aliphatic carbocycles. The molecule has 0 unspecified atom stereocenters. The maximum atomic E-state index is 6.40. The Morgan fingerprint density at radius 2 is 1.53 bits per heavy atom. The monoisotopic (exact) mass is 450 g/mol. The van der Waals surface area contributed by atoms with Crippen LogP contribution in [0.4, 0.5) is 5.69 Å². The number of aromatic nitrogens is 1. The topological polar surface area (TPSA) is 17.3 Å². The average Bonchev–Trinajstić information content (AvgIpc) is 3.15. The molecule has 1 heterocycles. The molecule has 1 aromatic heterocycles. The third-order valence-electron chi connectivity index (χ3n) is 5.87. The molecule has 0 amide bonds. The summed E-state index contributed by atoms with van der Waals surface area (Å²) in [5.41, 5.74) is 4.47. The van der Waals surface area contributed by atoms with Crippen molar-refractivity contribution in [1.82, 2.24) is 4.57 Å². The van der Waals surface area contributed by atoms with Gasteiger partial charge in [-0.15, -0.1) is 11.3 Å². The van der Waals surface area contributed by atoms with Crippen LogP contribution < -0.4 is 4.80 Å². The minimum absolute atomic E-state index is 0.0783. The summed E-state index contributed by atoms with van der Waals surface area (Å²) in [6, 6.07) is 26.6. The van der Waals surface area contributed by atoms with Crippen molar-refractivity contribution < 1.29 is 0 Å². The van der Waals surface area contributed by atoms with E-state index < -0.39 is 0 Å². The standard InChI is InChI=1S/C25H20Cl2N2S/c26-21-13-12-18(16-22(21)27)25(14-7-15-25)23-17-30-24(28-19-8-3-1-4-9-19)29(23)20-10-5-2-6-11-20/h1-6,8-13,16-17H,7,14-15H2. The van der Waals surface area contributed by atoms with Gasteiger partial charge < -0.3 is 0 Å². The molecule has 0 aliphatic heterocycles. The van der Waals surface area contributed by atoms with Crippen molar-refractivity contribution in [2.24, 2.45) is 4.99 Å². The summed E-state index contributed by atoms with van der Waals surface area (Å²) in [4.78, 5) is 5.94. The highest BCUT2D eigenvalue weighted by molar-refractivity contribution is 7.07. The van der Waals surface area contributed by atoms with Crippen molar-refractivity contribution in [3.8, 4) is 5.69 Å². The summed E-state index contributed by atoms with van der Waals surface area (Å²) >= 11 is 14.3. The zero-order chi connectivity index (χ0) is 20.6. The van der Waals surface area contributed by atoms with Gasteiger partial charge in [-0.2, -0.15) is 0 Å². The van der Waals surface area contributed by atoms with Crippen LogP contribution in [0.25, 0.3) is 5.69 Å². The van der Waals surface area contributed by atoms with E-state index in [2.05, 4.69) is 40.3 Å². The van der Waals surface area contributed by atoms with Gasteiger partial charge in [0.15, 0.2) is 4.80 Å². The Morgan fingerprint density at radius 1 is 0.833 bits per heavy atom. The predicted molar refractivity (Wildman–Crippen MR) is 126 cm³/mol. The molecule has 0 N–H and O–H groups in total. The minimum atomic E-state index is -0.0783. The molecular formula is C25H20Cl2N2S. The molecule has 0 radical (unpaired) electrons. The van der Waals surface area contributed by atoms with E-state index in [0.717, 1.165) is 29.0 Å². The van der Waals surface area contributed by atoms with E-state index in [1.807, 2.05) is 48.5 Å². The number of hydrogen-bond acceptors (Lipinski definition) is 2. The van der Waals surface area contributed by atoms with Crippen LogP contribution in [0.15, 0.2) is 89.2 Å². The van der Waals surface area contributed by atoms with E-state index in [0.29, 0.717) is 10.0 Å². The highest BCUT2D eigenvalue weighted by atomic mass is 35.5. The van der Waals surface area contributed by atoms with Gasteiger partial charge in [0.2, 0.25) is 0 Å². The first-order valence-electron chi connectivity index (χ1n) is 9.99. The molecule has 5 heteroatoms. The summed E-state index contributed by atoms with van der Waals surface area (Å²) in [5.74, 6) is 0. The van der Waals surface area contributed by atoms with Gasteiger partial charge in [0.1, 0.15) is 0 Å². The SMILES string of the molecule is Clc1ccc(C2(c3csc(=Nc4ccccc4)n3-c3ccccc3)CCC2)cc1Cl. The van der Waals surface area contributed by atoms with E-state index in [1.54, 1.807) is 11.3 Å². The molecule has 5 rings (SSSR count). The molecule has 0 bridgehead atoms. The van der Waals surface area contributed by atoms with Crippen molar-refractivity contribution in [3.05, 3.63) is 110 Å². The van der Waals surface area contributed by atoms with Crippen LogP contribution in [-0.2, 0) is 5.41 Å². The Labute approximate surface area is 190 Å². The number of rotatable bonds is 4. The highest BCUT2D eigenvalue weighted by Gasteiger charge is 2.43. The summed E-state index contributed by atoms with van der Waals surface area (Å²) in [6.45, 7) is 0. The molecule has 4 aromatic rings. The third kappa shape index (κ3) is 3.41. The first-order valence-corrected chi connectivity index (χ1v) is 11.6. The molecule has 150 valence electrons. The third-order valence-corrected chi connectivity index (χ3v) is 7.44. The number of benzene rings is 3. The lowest BCUT2D eigenvalue weighted by Crippen LogP contribution is -2.38. The Morgan fingerprint density at radius 3 is 2.17 bits per heavy atom. The van der Waals surface area contributed by atoms with E-state index >= 15 is 0 Å². The van der Waals surface area contributed by atoms with Gasteiger partial charge in [-0.1, -0.05) is 72.1 Å². The lowest BCUT2D eigenvalue weighted by atomic mass is 9.62. The van der Waals surface area contributed by atoms with Crippen LogP contribution in [0.2, 0.25) is 10.0 Å². The summed E-state index contributed by atoms with van der Waals surface area (Å²) in [6.07, 6.45) is 3.36. The summed E-state index contributed by atoms with van der Waals surface area (Å²) < 4.78 is 2.30. The second-order valence-corrected chi connectivity index (χ2v) is 9.24. The van der Waals surface area contributed by atoms with E-state index in [1.165, 1.54) is 17.7 Å². The molecule has 1 aliphatic rings. The first-order chi connectivity index (χ1) is 14.7. The molecule has 3 aromatic carbocycles. The molecule has 2 nitrogen and oxygen atoms in total. The molecule has 0 saturated heterocycles. The van der Waals surface area contributed by atoms with Gasteiger partial charge in [-0.05, 0) is 54.8 Å². The van der Waals surface area contributed by atoms with Gasteiger partial charge in [0.05, 0.1) is 15.7 Å². The fourth-order valence-electron chi connectivity index (χ4n) is 4.18. The lowest BCUT2D eigenvalue weighted by Gasteiger charge is -2.43. The number of nitrogens with zero attached hydrogens (tertiary/aromatic N) is 2. The second-order valence-electron chi connectivity index (χ2n) is 7.59. The van der Waals surface area contributed by atoms with Crippen molar-refractivity contribution in [3.63, 3.8) is 0 Å². The molecule has 1 fully saturated rings. The van der Waals surface area contributed by atoms with Crippen LogP contribution in [0.5, 0.6) is 0 Å². The fraction of sp³-hybridized carbons (Fsp3) is 0.160. The first kappa shape index (κ1) is 19.6. The van der Waals surface area contributed by atoms with Crippen LogP contribution in [0.1, 0.15) is 30.5 Å². The van der Waals surface area contributed by atoms with Crippen LogP contribution in [-0.4, -0.2) is 4.57 Å². The fourth-order valence-corrected chi connectivity index (χ4v) is 5.49. The quantitative estimate of drug-likeness (QED) is 0.305. The number of thiazole rings is 1. The number of halogens is 2. The van der Waals surface area contributed by atoms with Gasteiger partial charge in [0, 0.05) is 22.2 Å².